The molecule has 5 nitrogen and oxygen atoms in total. The van der Waals surface area contributed by atoms with E-state index in [2.05, 4.69) is 46.0 Å². The number of carbonyl (C=O) groups excluding carboxylic acids is 1. The van der Waals surface area contributed by atoms with Crippen molar-refractivity contribution in [2.75, 3.05) is 50.4 Å². The van der Waals surface area contributed by atoms with Gasteiger partial charge in [-0.25, -0.2) is 4.98 Å². The van der Waals surface area contributed by atoms with Gasteiger partial charge >= 0.3 is 0 Å². The first-order valence-electron chi connectivity index (χ1n) is 9.99. The van der Waals surface area contributed by atoms with Gasteiger partial charge in [0, 0.05) is 56.4 Å². The van der Waals surface area contributed by atoms with Crippen LogP contribution in [-0.2, 0) is 0 Å². The fourth-order valence-electron chi connectivity index (χ4n) is 4.29. The largest absolute Gasteiger partial charge is 0.369 e. The SMILES string of the molecule is CSc1nc(C(=O)N2CCC[C@@H](N3CCN(c4ccccc4C)CC3)C2)cs1. The van der Waals surface area contributed by atoms with Gasteiger partial charge in [0.05, 0.1) is 0 Å². The minimum atomic E-state index is 0.0970. The van der Waals surface area contributed by atoms with E-state index >= 15 is 0 Å². The Morgan fingerprint density at radius 1 is 1.18 bits per heavy atom. The van der Waals surface area contributed by atoms with E-state index < -0.39 is 0 Å². The average molecular weight is 417 g/mol. The summed E-state index contributed by atoms with van der Waals surface area (Å²) in [7, 11) is 0. The van der Waals surface area contributed by atoms with Crippen molar-refractivity contribution in [3.05, 3.63) is 40.9 Å². The second kappa shape index (κ2) is 8.84. The molecule has 2 saturated heterocycles. The third-order valence-electron chi connectivity index (χ3n) is 5.85. The fraction of sp³-hybridized carbons (Fsp3) is 0.524. The zero-order valence-electron chi connectivity index (χ0n) is 16.6. The van der Waals surface area contributed by atoms with E-state index in [1.807, 2.05) is 16.5 Å². The van der Waals surface area contributed by atoms with Crippen molar-refractivity contribution in [2.24, 2.45) is 0 Å². The lowest BCUT2D eigenvalue weighted by molar-refractivity contribution is 0.0558. The van der Waals surface area contributed by atoms with E-state index in [0.717, 1.165) is 50.0 Å². The number of aryl methyl sites for hydroxylation is 1. The van der Waals surface area contributed by atoms with Gasteiger partial charge in [0.15, 0.2) is 0 Å². The Kier molecular flexibility index (Phi) is 6.23. The smallest absolute Gasteiger partial charge is 0.273 e. The molecular formula is C21H28N4OS2. The van der Waals surface area contributed by atoms with Crippen molar-refractivity contribution in [1.29, 1.82) is 0 Å². The molecule has 1 amide bonds. The lowest BCUT2D eigenvalue weighted by Crippen LogP contribution is -2.56. The number of nitrogens with zero attached hydrogens (tertiary/aromatic N) is 4. The lowest BCUT2D eigenvalue weighted by Gasteiger charge is -2.44. The summed E-state index contributed by atoms with van der Waals surface area (Å²) in [6, 6.07) is 9.11. The molecule has 0 saturated carbocycles. The predicted molar refractivity (Wildman–Crippen MR) is 118 cm³/mol. The minimum absolute atomic E-state index is 0.0970. The molecule has 1 aromatic carbocycles. The highest BCUT2D eigenvalue weighted by Gasteiger charge is 2.31. The Morgan fingerprint density at radius 2 is 1.96 bits per heavy atom. The molecule has 28 heavy (non-hydrogen) atoms. The Balaban J connectivity index is 1.35. The molecule has 7 heteroatoms. The summed E-state index contributed by atoms with van der Waals surface area (Å²) in [6.07, 6.45) is 4.26. The average Bonchev–Trinajstić information content (AvgIpc) is 3.23. The molecule has 2 aromatic rings. The molecule has 0 radical (unpaired) electrons. The number of aromatic nitrogens is 1. The number of para-hydroxylation sites is 1. The normalized spacial score (nSPS) is 21.1. The monoisotopic (exact) mass is 416 g/mol. The maximum Gasteiger partial charge on any atom is 0.273 e. The van der Waals surface area contributed by atoms with E-state index in [1.165, 1.54) is 17.7 Å². The second-order valence-electron chi connectivity index (χ2n) is 7.56. The van der Waals surface area contributed by atoms with Crippen molar-refractivity contribution in [3.8, 4) is 0 Å². The number of benzene rings is 1. The van der Waals surface area contributed by atoms with Gasteiger partial charge in [-0.1, -0.05) is 30.0 Å². The lowest BCUT2D eigenvalue weighted by atomic mass is 10.0. The Bertz CT molecular complexity index is 816. The Morgan fingerprint density at radius 3 is 2.68 bits per heavy atom. The van der Waals surface area contributed by atoms with Gasteiger partial charge in [-0.3, -0.25) is 9.69 Å². The second-order valence-corrected chi connectivity index (χ2v) is 9.47. The molecule has 2 fully saturated rings. The summed E-state index contributed by atoms with van der Waals surface area (Å²) >= 11 is 3.16. The van der Waals surface area contributed by atoms with Gasteiger partial charge in [0.2, 0.25) is 0 Å². The summed E-state index contributed by atoms with van der Waals surface area (Å²) in [5.41, 5.74) is 3.31. The van der Waals surface area contributed by atoms with Crippen LogP contribution in [0.4, 0.5) is 5.69 Å². The first-order valence-corrected chi connectivity index (χ1v) is 12.1. The van der Waals surface area contributed by atoms with Crippen molar-refractivity contribution in [2.45, 2.75) is 30.1 Å². The molecule has 0 unspecified atom stereocenters. The molecule has 1 atom stereocenters. The standard InChI is InChI=1S/C21H28N4OS2/c1-16-6-3-4-8-19(16)24-12-10-23(11-13-24)17-7-5-9-25(14-17)20(26)18-15-28-21(22-18)27-2/h3-4,6,8,15,17H,5,7,9-14H2,1-2H3/t17-/m1/s1. The number of amides is 1. The van der Waals surface area contributed by atoms with Crippen molar-refractivity contribution in [3.63, 3.8) is 0 Å². The third kappa shape index (κ3) is 4.21. The molecule has 4 rings (SSSR count). The van der Waals surface area contributed by atoms with Crippen LogP contribution in [-0.4, -0.2) is 72.3 Å². The molecule has 0 bridgehead atoms. The topological polar surface area (TPSA) is 39.7 Å². The molecular weight excluding hydrogens is 388 g/mol. The minimum Gasteiger partial charge on any atom is -0.369 e. The number of hydrogen-bond acceptors (Lipinski definition) is 6. The number of thioether (sulfide) groups is 1. The summed E-state index contributed by atoms with van der Waals surface area (Å²) in [4.78, 5) is 24.4. The first kappa shape index (κ1) is 19.7. The molecule has 0 aliphatic carbocycles. The number of rotatable bonds is 4. The maximum absolute atomic E-state index is 12.9. The van der Waals surface area contributed by atoms with Gasteiger partial charge < -0.3 is 9.80 Å². The van der Waals surface area contributed by atoms with E-state index in [9.17, 15) is 4.79 Å². The van der Waals surface area contributed by atoms with E-state index in [-0.39, 0.29) is 5.91 Å². The van der Waals surface area contributed by atoms with Crippen molar-refractivity contribution in [1.82, 2.24) is 14.8 Å². The molecule has 2 aliphatic heterocycles. The molecule has 1 aromatic heterocycles. The molecule has 3 heterocycles. The van der Waals surface area contributed by atoms with Crippen LogP contribution < -0.4 is 4.90 Å². The molecule has 2 aliphatic rings. The zero-order valence-corrected chi connectivity index (χ0v) is 18.3. The van der Waals surface area contributed by atoms with Gasteiger partial charge in [-0.15, -0.1) is 11.3 Å². The third-order valence-corrected chi connectivity index (χ3v) is 7.71. The Labute approximate surface area is 175 Å². The van der Waals surface area contributed by atoms with Gasteiger partial charge in [-0.05, 0) is 37.7 Å². The Hall–Kier alpha value is -1.57. The number of likely N-dealkylation sites (tertiary alicyclic amines) is 1. The van der Waals surface area contributed by atoms with Crippen LogP contribution in [0.3, 0.4) is 0 Å². The van der Waals surface area contributed by atoms with Crippen LogP contribution >= 0.6 is 23.1 Å². The summed E-state index contributed by atoms with van der Waals surface area (Å²) in [5, 5.41) is 1.90. The fourth-order valence-corrected chi connectivity index (χ4v) is 5.53. The number of carbonyl (C=O) groups is 1. The molecule has 0 N–H and O–H groups in total. The van der Waals surface area contributed by atoms with Gasteiger partial charge in [0.1, 0.15) is 10.0 Å². The van der Waals surface area contributed by atoms with Crippen LogP contribution in [0.2, 0.25) is 0 Å². The number of thiazole rings is 1. The number of piperidine rings is 1. The van der Waals surface area contributed by atoms with Crippen LogP contribution in [0.25, 0.3) is 0 Å². The van der Waals surface area contributed by atoms with Crippen LogP contribution in [0.5, 0.6) is 0 Å². The van der Waals surface area contributed by atoms with E-state index in [0.29, 0.717) is 11.7 Å². The van der Waals surface area contributed by atoms with Gasteiger partial charge in [0.25, 0.3) is 5.91 Å². The first-order chi connectivity index (χ1) is 13.7. The highest BCUT2D eigenvalue weighted by atomic mass is 32.2. The summed E-state index contributed by atoms with van der Waals surface area (Å²) in [5.74, 6) is 0.0970. The van der Waals surface area contributed by atoms with Gasteiger partial charge in [-0.2, -0.15) is 0 Å². The molecule has 150 valence electrons. The summed E-state index contributed by atoms with van der Waals surface area (Å²) < 4.78 is 0.962. The van der Waals surface area contributed by atoms with Crippen LogP contribution in [0.15, 0.2) is 34.0 Å². The highest BCUT2D eigenvalue weighted by Crippen LogP contribution is 2.25. The summed E-state index contributed by atoms with van der Waals surface area (Å²) in [6.45, 7) is 8.10. The quantitative estimate of drug-likeness (QED) is 0.712. The number of hydrogen-bond donors (Lipinski definition) is 0. The predicted octanol–water partition coefficient (Wildman–Crippen LogP) is 3.60. The highest BCUT2D eigenvalue weighted by molar-refractivity contribution is 8.00. The molecule has 0 spiro atoms. The van der Waals surface area contributed by atoms with Crippen LogP contribution in [0.1, 0.15) is 28.9 Å². The zero-order chi connectivity index (χ0) is 19.5. The number of anilines is 1. The van der Waals surface area contributed by atoms with Crippen molar-refractivity contribution < 1.29 is 4.79 Å². The number of piperazine rings is 1. The van der Waals surface area contributed by atoms with E-state index in [1.54, 1.807) is 23.1 Å². The van der Waals surface area contributed by atoms with Crippen molar-refractivity contribution >= 4 is 34.7 Å². The van der Waals surface area contributed by atoms with Crippen LogP contribution in [0, 0.1) is 6.92 Å². The van der Waals surface area contributed by atoms with E-state index in [4.69, 9.17) is 0 Å². The maximum atomic E-state index is 12.9.